The zero-order valence-corrected chi connectivity index (χ0v) is 12.3. The molecule has 0 fully saturated rings. The number of rotatable bonds is 6. The largest absolute Gasteiger partial charge is 0.313 e. The summed E-state index contributed by atoms with van der Waals surface area (Å²) in [7, 11) is -3.75. The van der Waals surface area contributed by atoms with Crippen LogP contribution in [0.5, 0.6) is 0 Å². The van der Waals surface area contributed by atoms with Crippen molar-refractivity contribution in [3.8, 4) is 0 Å². The Morgan fingerprint density at radius 2 is 1.90 bits per heavy atom. The van der Waals surface area contributed by atoms with Crippen LogP contribution in [0.2, 0.25) is 0 Å². The van der Waals surface area contributed by atoms with E-state index in [0.29, 0.717) is 17.8 Å². The van der Waals surface area contributed by atoms with Gasteiger partial charge in [0.05, 0.1) is 10.6 Å². The van der Waals surface area contributed by atoms with E-state index in [0.717, 1.165) is 6.07 Å². The maximum atomic E-state index is 13.6. The van der Waals surface area contributed by atoms with Crippen LogP contribution in [0.3, 0.4) is 0 Å². The molecule has 0 bridgehead atoms. The van der Waals surface area contributed by atoms with Gasteiger partial charge in [0.25, 0.3) is 10.0 Å². The van der Waals surface area contributed by atoms with E-state index >= 15 is 0 Å². The number of anilines is 1. The van der Waals surface area contributed by atoms with Crippen LogP contribution in [-0.2, 0) is 16.6 Å². The summed E-state index contributed by atoms with van der Waals surface area (Å²) in [6.45, 7) is 2.84. The monoisotopic (exact) mass is 309 g/mol. The third-order valence-electron chi connectivity index (χ3n) is 2.83. The second kappa shape index (κ2) is 6.64. The zero-order valence-electron chi connectivity index (χ0n) is 11.5. The molecule has 0 aliphatic rings. The Labute approximate surface area is 123 Å². The molecule has 1 aromatic carbocycles. The Balaban J connectivity index is 2.27. The standard InChI is InChI=1S/C14H16FN3O2S/c1-2-16-10-11-9-13(3-4-14(11)15)21(19,20)18-12-5-7-17-8-6-12/h3-9,16H,2,10H2,1H3,(H,17,18). The molecule has 0 unspecified atom stereocenters. The minimum Gasteiger partial charge on any atom is -0.313 e. The topological polar surface area (TPSA) is 71.1 Å². The molecular formula is C14H16FN3O2S. The van der Waals surface area contributed by atoms with Crippen LogP contribution in [-0.4, -0.2) is 19.9 Å². The summed E-state index contributed by atoms with van der Waals surface area (Å²) in [5.41, 5.74) is 0.719. The summed E-state index contributed by atoms with van der Waals surface area (Å²) in [6, 6.07) is 6.82. The molecule has 0 amide bonds. The van der Waals surface area contributed by atoms with Gasteiger partial charge in [0.2, 0.25) is 0 Å². The smallest absolute Gasteiger partial charge is 0.261 e. The Morgan fingerprint density at radius 1 is 1.19 bits per heavy atom. The third-order valence-corrected chi connectivity index (χ3v) is 4.20. The van der Waals surface area contributed by atoms with E-state index in [1.807, 2.05) is 6.92 Å². The van der Waals surface area contributed by atoms with Crippen LogP contribution < -0.4 is 10.0 Å². The lowest BCUT2D eigenvalue weighted by atomic mass is 10.2. The minimum absolute atomic E-state index is 0.0219. The maximum Gasteiger partial charge on any atom is 0.261 e. The Bertz CT molecular complexity index is 705. The van der Waals surface area contributed by atoms with Crippen molar-refractivity contribution in [2.24, 2.45) is 0 Å². The quantitative estimate of drug-likeness (QED) is 0.857. The van der Waals surface area contributed by atoms with E-state index < -0.39 is 15.8 Å². The molecule has 2 aromatic rings. The molecule has 0 atom stereocenters. The number of hydrogen-bond donors (Lipinski definition) is 2. The fourth-order valence-corrected chi connectivity index (χ4v) is 2.86. The van der Waals surface area contributed by atoms with Crippen molar-refractivity contribution in [1.29, 1.82) is 0 Å². The van der Waals surface area contributed by atoms with Crippen molar-refractivity contribution in [3.05, 3.63) is 54.1 Å². The summed E-state index contributed by atoms with van der Waals surface area (Å²) in [6.07, 6.45) is 2.97. The number of halogens is 1. The first-order valence-electron chi connectivity index (χ1n) is 6.45. The summed E-state index contributed by atoms with van der Waals surface area (Å²) in [5, 5.41) is 2.97. The number of benzene rings is 1. The predicted molar refractivity (Wildman–Crippen MR) is 78.8 cm³/mol. The van der Waals surface area contributed by atoms with Gasteiger partial charge in [0.15, 0.2) is 0 Å². The van der Waals surface area contributed by atoms with Crippen LogP contribution in [0.1, 0.15) is 12.5 Å². The van der Waals surface area contributed by atoms with E-state index in [2.05, 4.69) is 15.0 Å². The average molecular weight is 309 g/mol. The van der Waals surface area contributed by atoms with Crippen LogP contribution in [0.15, 0.2) is 47.6 Å². The Kier molecular flexibility index (Phi) is 4.87. The van der Waals surface area contributed by atoms with Crippen molar-refractivity contribution in [1.82, 2.24) is 10.3 Å². The summed E-state index contributed by atoms with van der Waals surface area (Å²) in [4.78, 5) is 3.84. The van der Waals surface area contributed by atoms with Crippen LogP contribution in [0.25, 0.3) is 0 Å². The van der Waals surface area contributed by atoms with E-state index in [-0.39, 0.29) is 11.4 Å². The number of nitrogens with one attached hydrogen (secondary N) is 2. The van der Waals surface area contributed by atoms with Gasteiger partial charge in [-0.1, -0.05) is 6.92 Å². The maximum absolute atomic E-state index is 13.6. The fraction of sp³-hybridized carbons (Fsp3) is 0.214. The lowest BCUT2D eigenvalue weighted by molar-refractivity contribution is 0.587. The second-order valence-corrected chi connectivity index (χ2v) is 6.06. The van der Waals surface area contributed by atoms with Gasteiger partial charge in [-0.25, -0.2) is 12.8 Å². The van der Waals surface area contributed by atoms with Gasteiger partial charge in [-0.15, -0.1) is 0 Å². The number of aromatic nitrogens is 1. The highest BCUT2D eigenvalue weighted by atomic mass is 32.2. The van der Waals surface area contributed by atoms with Gasteiger partial charge in [0, 0.05) is 24.5 Å². The van der Waals surface area contributed by atoms with Gasteiger partial charge in [-0.3, -0.25) is 9.71 Å². The van der Waals surface area contributed by atoms with Crippen molar-refractivity contribution >= 4 is 15.7 Å². The molecule has 0 saturated carbocycles. The van der Waals surface area contributed by atoms with Gasteiger partial charge >= 0.3 is 0 Å². The molecule has 112 valence electrons. The number of pyridine rings is 1. The van der Waals surface area contributed by atoms with Crippen LogP contribution >= 0.6 is 0 Å². The second-order valence-electron chi connectivity index (χ2n) is 4.37. The van der Waals surface area contributed by atoms with Crippen molar-refractivity contribution in [3.63, 3.8) is 0 Å². The van der Waals surface area contributed by atoms with Crippen LogP contribution in [0, 0.1) is 5.82 Å². The number of sulfonamides is 1. The molecule has 7 heteroatoms. The van der Waals surface area contributed by atoms with Crippen molar-refractivity contribution < 1.29 is 12.8 Å². The van der Waals surface area contributed by atoms with Gasteiger partial charge in [-0.2, -0.15) is 0 Å². The molecular weight excluding hydrogens is 293 g/mol. The van der Waals surface area contributed by atoms with Gasteiger partial charge in [-0.05, 0) is 36.9 Å². The zero-order chi connectivity index (χ0) is 15.3. The Morgan fingerprint density at radius 3 is 2.57 bits per heavy atom. The summed E-state index contributed by atoms with van der Waals surface area (Å²) in [5.74, 6) is -0.432. The average Bonchev–Trinajstić information content (AvgIpc) is 2.47. The first-order chi connectivity index (χ1) is 10.0. The van der Waals surface area contributed by atoms with Gasteiger partial charge in [0.1, 0.15) is 5.82 Å². The Hall–Kier alpha value is -1.99. The highest BCUT2D eigenvalue weighted by Gasteiger charge is 2.16. The molecule has 0 saturated heterocycles. The highest BCUT2D eigenvalue weighted by Crippen LogP contribution is 2.18. The lowest BCUT2D eigenvalue weighted by Gasteiger charge is -2.10. The lowest BCUT2D eigenvalue weighted by Crippen LogP contribution is -2.16. The van der Waals surface area contributed by atoms with E-state index in [4.69, 9.17) is 0 Å². The SMILES string of the molecule is CCNCc1cc(S(=O)(=O)Nc2ccncc2)ccc1F. The number of nitrogens with zero attached hydrogens (tertiary/aromatic N) is 1. The minimum atomic E-state index is -3.75. The molecule has 2 N–H and O–H groups in total. The molecule has 0 aliphatic heterocycles. The molecule has 1 aromatic heterocycles. The van der Waals surface area contributed by atoms with Gasteiger partial charge < -0.3 is 5.32 Å². The molecule has 2 rings (SSSR count). The van der Waals surface area contributed by atoms with Crippen molar-refractivity contribution in [2.45, 2.75) is 18.4 Å². The summed E-state index contributed by atoms with van der Waals surface area (Å²) < 4.78 is 40.6. The first kappa shape index (κ1) is 15.4. The summed E-state index contributed by atoms with van der Waals surface area (Å²) >= 11 is 0. The first-order valence-corrected chi connectivity index (χ1v) is 7.93. The molecule has 5 nitrogen and oxygen atoms in total. The molecule has 1 heterocycles. The predicted octanol–water partition coefficient (Wildman–Crippen LogP) is 2.13. The van der Waals surface area contributed by atoms with Crippen molar-refractivity contribution in [2.75, 3.05) is 11.3 Å². The normalized spacial score (nSPS) is 11.3. The molecule has 0 aliphatic carbocycles. The fourth-order valence-electron chi connectivity index (χ4n) is 1.75. The molecule has 21 heavy (non-hydrogen) atoms. The van der Waals surface area contributed by atoms with E-state index in [1.54, 1.807) is 12.1 Å². The highest BCUT2D eigenvalue weighted by molar-refractivity contribution is 7.92. The molecule has 0 spiro atoms. The van der Waals surface area contributed by atoms with E-state index in [1.165, 1.54) is 24.5 Å². The van der Waals surface area contributed by atoms with Crippen LogP contribution in [0.4, 0.5) is 10.1 Å². The van der Waals surface area contributed by atoms with E-state index in [9.17, 15) is 12.8 Å². The number of hydrogen-bond acceptors (Lipinski definition) is 4. The molecule has 0 radical (unpaired) electrons. The third kappa shape index (κ3) is 3.99.